The molecule has 1 aromatic heterocycles. The lowest BCUT2D eigenvalue weighted by molar-refractivity contribution is -0.119. The van der Waals surface area contributed by atoms with Gasteiger partial charge in [-0.1, -0.05) is 12.1 Å². The fraction of sp³-hybridized carbons (Fsp3) is 0.111. The number of ether oxygens (including phenoxy) is 1. The van der Waals surface area contributed by atoms with Crippen LogP contribution in [-0.4, -0.2) is 29.6 Å². The maximum Gasteiger partial charge on any atom is 0.412 e. The van der Waals surface area contributed by atoms with E-state index in [4.69, 9.17) is 9.15 Å². The molecule has 1 aliphatic heterocycles. The summed E-state index contributed by atoms with van der Waals surface area (Å²) < 4.78 is 10.4. The topological polar surface area (TPSA) is 115 Å². The van der Waals surface area contributed by atoms with Crippen molar-refractivity contribution in [2.24, 2.45) is 0 Å². The normalized spacial score (nSPS) is 14.9. The van der Waals surface area contributed by atoms with Crippen LogP contribution in [-0.2, 0) is 14.3 Å². The fourth-order valence-electron chi connectivity index (χ4n) is 2.21. The van der Waals surface area contributed by atoms with E-state index in [0.29, 0.717) is 22.8 Å². The van der Waals surface area contributed by atoms with Crippen molar-refractivity contribution in [2.45, 2.75) is 6.92 Å². The van der Waals surface area contributed by atoms with Crippen molar-refractivity contribution in [2.75, 3.05) is 11.9 Å². The van der Waals surface area contributed by atoms with Gasteiger partial charge in [-0.25, -0.2) is 4.79 Å². The van der Waals surface area contributed by atoms with E-state index in [-0.39, 0.29) is 17.3 Å². The summed E-state index contributed by atoms with van der Waals surface area (Å²) in [5.74, 6) is 0.207. The molecule has 3 amide bonds. The number of benzene rings is 1. The molecule has 138 valence electrons. The minimum Gasteiger partial charge on any atom is -0.457 e. The van der Waals surface area contributed by atoms with Crippen LogP contribution in [0.2, 0.25) is 0 Å². The average molecular weight is 386 g/mol. The number of anilines is 1. The molecule has 0 bridgehead atoms. The van der Waals surface area contributed by atoms with Crippen molar-refractivity contribution < 1.29 is 28.3 Å². The fourth-order valence-corrected chi connectivity index (χ4v) is 2.87. The first-order valence-electron chi connectivity index (χ1n) is 7.79. The van der Waals surface area contributed by atoms with Crippen molar-refractivity contribution in [1.82, 2.24) is 5.32 Å². The lowest BCUT2D eigenvalue weighted by atomic mass is 10.1. The van der Waals surface area contributed by atoms with Crippen LogP contribution >= 0.6 is 11.8 Å². The number of amides is 3. The van der Waals surface area contributed by atoms with Crippen LogP contribution < -0.4 is 10.6 Å². The second-order valence-corrected chi connectivity index (χ2v) is 6.55. The number of carbonyl (C=O) groups excluding carboxylic acids is 4. The molecule has 0 spiro atoms. The SMILES string of the molecule is CC(=O)COC(=O)Nc1cccc(-c2ccc(/C=C3\SC(=O)NC3=O)o2)c1. The number of imide groups is 1. The van der Waals surface area contributed by atoms with E-state index in [1.807, 2.05) is 0 Å². The van der Waals surface area contributed by atoms with E-state index >= 15 is 0 Å². The first-order valence-corrected chi connectivity index (χ1v) is 8.61. The van der Waals surface area contributed by atoms with Gasteiger partial charge in [0.15, 0.2) is 12.4 Å². The summed E-state index contributed by atoms with van der Waals surface area (Å²) in [4.78, 5) is 45.5. The van der Waals surface area contributed by atoms with E-state index < -0.39 is 17.2 Å². The molecule has 0 saturated carbocycles. The number of hydrogen-bond acceptors (Lipinski definition) is 7. The lowest BCUT2D eigenvalue weighted by Gasteiger charge is -2.06. The first kappa shape index (κ1) is 18.5. The van der Waals surface area contributed by atoms with E-state index in [0.717, 1.165) is 11.8 Å². The highest BCUT2D eigenvalue weighted by molar-refractivity contribution is 8.18. The molecular formula is C18H14N2O6S. The van der Waals surface area contributed by atoms with Gasteiger partial charge in [-0.2, -0.15) is 0 Å². The van der Waals surface area contributed by atoms with Gasteiger partial charge < -0.3 is 9.15 Å². The van der Waals surface area contributed by atoms with Gasteiger partial charge in [0.25, 0.3) is 11.1 Å². The van der Waals surface area contributed by atoms with Crippen molar-refractivity contribution >= 4 is 46.5 Å². The Morgan fingerprint density at radius 2 is 2.07 bits per heavy atom. The smallest absolute Gasteiger partial charge is 0.412 e. The molecule has 1 aliphatic rings. The highest BCUT2D eigenvalue weighted by Gasteiger charge is 2.25. The number of furan rings is 1. The van der Waals surface area contributed by atoms with Crippen LogP contribution in [0.5, 0.6) is 0 Å². The van der Waals surface area contributed by atoms with Gasteiger partial charge in [0.2, 0.25) is 0 Å². The number of ketones is 1. The van der Waals surface area contributed by atoms with Crippen LogP contribution in [0.1, 0.15) is 12.7 Å². The van der Waals surface area contributed by atoms with Crippen LogP contribution in [0.3, 0.4) is 0 Å². The molecule has 1 aromatic carbocycles. The zero-order valence-electron chi connectivity index (χ0n) is 14.1. The highest BCUT2D eigenvalue weighted by atomic mass is 32.2. The van der Waals surface area contributed by atoms with E-state index in [9.17, 15) is 19.2 Å². The summed E-state index contributed by atoms with van der Waals surface area (Å²) in [6.45, 7) is 1.02. The first-order chi connectivity index (χ1) is 12.9. The van der Waals surface area contributed by atoms with Crippen LogP contribution in [0.4, 0.5) is 15.3 Å². The van der Waals surface area contributed by atoms with Gasteiger partial charge in [0, 0.05) is 17.3 Å². The zero-order chi connectivity index (χ0) is 19.4. The number of thioether (sulfide) groups is 1. The predicted molar refractivity (Wildman–Crippen MR) is 98.9 cm³/mol. The van der Waals surface area contributed by atoms with Gasteiger partial charge in [0.1, 0.15) is 11.5 Å². The minimum atomic E-state index is -0.735. The van der Waals surface area contributed by atoms with Crippen LogP contribution in [0.25, 0.3) is 17.4 Å². The van der Waals surface area contributed by atoms with Gasteiger partial charge in [-0.15, -0.1) is 0 Å². The Labute approximate surface area is 157 Å². The standard InChI is InChI=1S/C18H14N2O6S/c1-10(21)9-25-17(23)19-12-4-2-3-11(7-12)14-6-5-13(26-14)8-15-16(22)20-18(24)27-15/h2-8H,9H2,1H3,(H,19,23)(H,20,22,24)/b15-8-. The summed E-state index contributed by atoms with van der Waals surface area (Å²) >= 11 is 0.806. The maximum atomic E-state index is 11.6. The Hall–Kier alpha value is -3.33. The summed E-state index contributed by atoms with van der Waals surface area (Å²) in [5.41, 5.74) is 1.15. The molecular weight excluding hydrogens is 372 g/mol. The Morgan fingerprint density at radius 3 is 2.78 bits per heavy atom. The summed E-state index contributed by atoms with van der Waals surface area (Å²) in [6, 6.07) is 10.2. The Balaban J connectivity index is 1.72. The van der Waals surface area contributed by atoms with Gasteiger partial charge in [-0.3, -0.25) is 25.0 Å². The number of Topliss-reactive ketones (excluding diaryl/α,β-unsaturated/α-hetero) is 1. The van der Waals surface area contributed by atoms with Crippen LogP contribution in [0, 0.1) is 0 Å². The Kier molecular flexibility index (Phi) is 5.41. The molecule has 0 aliphatic carbocycles. The van der Waals surface area contributed by atoms with Gasteiger partial charge >= 0.3 is 6.09 Å². The number of nitrogens with one attached hydrogen (secondary N) is 2. The molecule has 9 heteroatoms. The molecule has 27 heavy (non-hydrogen) atoms. The highest BCUT2D eigenvalue weighted by Crippen LogP contribution is 2.29. The molecule has 8 nitrogen and oxygen atoms in total. The molecule has 1 saturated heterocycles. The largest absolute Gasteiger partial charge is 0.457 e. The zero-order valence-corrected chi connectivity index (χ0v) is 14.9. The molecule has 2 N–H and O–H groups in total. The molecule has 2 heterocycles. The molecule has 0 radical (unpaired) electrons. The van der Waals surface area contributed by atoms with Gasteiger partial charge in [-0.05, 0) is 43.0 Å². The maximum absolute atomic E-state index is 11.6. The van der Waals surface area contributed by atoms with Crippen molar-refractivity contribution in [3.8, 4) is 11.3 Å². The summed E-state index contributed by atoms with van der Waals surface area (Å²) in [7, 11) is 0. The molecule has 0 atom stereocenters. The average Bonchev–Trinajstić information content (AvgIpc) is 3.20. The van der Waals surface area contributed by atoms with Crippen LogP contribution in [0.15, 0.2) is 45.7 Å². The third-order valence-corrected chi connectivity index (χ3v) is 4.15. The Bertz CT molecular complexity index is 962. The number of hydrogen-bond donors (Lipinski definition) is 2. The van der Waals surface area contributed by atoms with E-state index in [1.54, 1.807) is 36.4 Å². The second kappa shape index (κ2) is 7.92. The van der Waals surface area contributed by atoms with E-state index in [2.05, 4.69) is 10.6 Å². The summed E-state index contributed by atoms with van der Waals surface area (Å²) in [6.07, 6.45) is 0.747. The summed E-state index contributed by atoms with van der Waals surface area (Å²) in [5, 5.41) is 4.27. The lowest BCUT2D eigenvalue weighted by Crippen LogP contribution is -2.17. The number of carbonyl (C=O) groups is 4. The Morgan fingerprint density at radius 1 is 1.26 bits per heavy atom. The second-order valence-electron chi connectivity index (χ2n) is 5.54. The molecule has 2 aromatic rings. The van der Waals surface area contributed by atoms with Crippen molar-refractivity contribution in [1.29, 1.82) is 0 Å². The number of rotatable bonds is 5. The monoisotopic (exact) mass is 386 g/mol. The molecule has 0 unspecified atom stereocenters. The third-order valence-electron chi connectivity index (χ3n) is 3.34. The van der Waals surface area contributed by atoms with E-state index in [1.165, 1.54) is 13.0 Å². The molecule has 3 rings (SSSR count). The van der Waals surface area contributed by atoms with Crippen molar-refractivity contribution in [3.63, 3.8) is 0 Å². The van der Waals surface area contributed by atoms with Gasteiger partial charge in [0.05, 0.1) is 4.91 Å². The third kappa shape index (κ3) is 4.85. The predicted octanol–water partition coefficient (Wildman–Crippen LogP) is 3.41. The minimum absolute atomic E-state index is 0.254. The molecule has 1 fully saturated rings. The quantitative estimate of drug-likeness (QED) is 0.757. The van der Waals surface area contributed by atoms with Crippen molar-refractivity contribution in [3.05, 3.63) is 47.1 Å².